The molecule has 0 aliphatic carbocycles. The van der Waals surface area contributed by atoms with Crippen LogP contribution in [-0.4, -0.2) is 19.7 Å². The molecule has 0 amide bonds. The fourth-order valence-corrected chi connectivity index (χ4v) is 2.05. The molecule has 12 heavy (non-hydrogen) atoms. The van der Waals surface area contributed by atoms with E-state index in [1.807, 2.05) is 11.6 Å². The Balaban J connectivity index is 2.20. The minimum atomic E-state index is 0.868. The van der Waals surface area contributed by atoms with Gasteiger partial charge in [0.2, 0.25) is 0 Å². The summed E-state index contributed by atoms with van der Waals surface area (Å²) in [5.74, 6) is 0. The molecule has 0 atom stereocenters. The van der Waals surface area contributed by atoms with Crippen LogP contribution in [0.5, 0.6) is 0 Å². The summed E-state index contributed by atoms with van der Waals surface area (Å²) in [6.07, 6.45) is 3.44. The summed E-state index contributed by atoms with van der Waals surface area (Å²) < 4.78 is 2.94. The molecule has 2 heterocycles. The molecule has 0 bridgehead atoms. The van der Waals surface area contributed by atoms with E-state index in [2.05, 4.69) is 20.7 Å². The first-order chi connectivity index (χ1) is 5.86. The SMILES string of the molecule is Cn1cnnc1Sc1cn[c]s1. The largest absolute Gasteiger partial charge is 0.311 e. The van der Waals surface area contributed by atoms with Crippen molar-refractivity contribution in [3.05, 3.63) is 18.0 Å². The van der Waals surface area contributed by atoms with E-state index in [4.69, 9.17) is 0 Å². The van der Waals surface area contributed by atoms with E-state index in [1.165, 1.54) is 11.3 Å². The Morgan fingerprint density at radius 3 is 3.17 bits per heavy atom. The lowest BCUT2D eigenvalue weighted by Crippen LogP contribution is -1.86. The smallest absolute Gasteiger partial charge is 0.196 e. The zero-order valence-electron chi connectivity index (χ0n) is 6.26. The second-order valence-electron chi connectivity index (χ2n) is 2.10. The Hall–Kier alpha value is -0.880. The Morgan fingerprint density at radius 2 is 2.58 bits per heavy atom. The van der Waals surface area contributed by atoms with E-state index < -0.39 is 0 Å². The average molecular weight is 197 g/mol. The van der Waals surface area contributed by atoms with Crippen molar-refractivity contribution in [1.82, 2.24) is 19.7 Å². The van der Waals surface area contributed by atoms with Gasteiger partial charge in [0.25, 0.3) is 0 Å². The molecule has 0 saturated heterocycles. The lowest BCUT2D eigenvalue weighted by Gasteiger charge is -1.94. The average Bonchev–Trinajstić information content (AvgIpc) is 2.65. The van der Waals surface area contributed by atoms with Crippen molar-refractivity contribution >= 4 is 23.1 Å². The van der Waals surface area contributed by atoms with Crippen molar-refractivity contribution in [3.63, 3.8) is 0 Å². The van der Waals surface area contributed by atoms with E-state index in [0.29, 0.717) is 0 Å². The molecule has 4 nitrogen and oxygen atoms in total. The molecule has 0 aromatic carbocycles. The molecular weight excluding hydrogens is 192 g/mol. The van der Waals surface area contributed by atoms with Gasteiger partial charge in [-0.25, -0.2) is 4.98 Å². The molecule has 0 saturated carbocycles. The molecule has 0 N–H and O–H groups in total. The highest BCUT2D eigenvalue weighted by Crippen LogP contribution is 2.27. The third-order valence-corrected chi connectivity index (χ3v) is 3.09. The summed E-state index contributed by atoms with van der Waals surface area (Å²) in [5, 5.41) is 8.57. The highest BCUT2D eigenvalue weighted by atomic mass is 32.2. The van der Waals surface area contributed by atoms with Crippen LogP contribution in [0.1, 0.15) is 0 Å². The summed E-state index contributed by atoms with van der Waals surface area (Å²) in [6.45, 7) is 0. The van der Waals surface area contributed by atoms with Crippen LogP contribution in [0.15, 0.2) is 21.9 Å². The number of nitrogens with zero attached hydrogens (tertiary/aromatic N) is 4. The maximum atomic E-state index is 3.93. The van der Waals surface area contributed by atoms with Gasteiger partial charge in [-0.2, -0.15) is 0 Å². The van der Waals surface area contributed by atoms with Gasteiger partial charge in [-0.15, -0.1) is 21.5 Å². The molecule has 2 aromatic rings. The van der Waals surface area contributed by atoms with E-state index in [9.17, 15) is 0 Å². The maximum Gasteiger partial charge on any atom is 0.196 e. The topological polar surface area (TPSA) is 43.6 Å². The van der Waals surface area contributed by atoms with Gasteiger partial charge in [-0.3, -0.25) is 0 Å². The minimum absolute atomic E-state index is 0.868. The van der Waals surface area contributed by atoms with Crippen LogP contribution in [0.3, 0.4) is 0 Å². The normalized spacial score (nSPS) is 10.4. The highest BCUT2D eigenvalue weighted by Gasteiger charge is 2.03. The number of thiazole rings is 1. The van der Waals surface area contributed by atoms with Crippen LogP contribution in [-0.2, 0) is 7.05 Å². The van der Waals surface area contributed by atoms with Gasteiger partial charge in [-0.1, -0.05) is 0 Å². The Bertz CT molecular complexity index is 353. The molecule has 0 spiro atoms. The molecule has 2 aromatic heterocycles. The van der Waals surface area contributed by atoms with Crippen molar-refractivity contribution in [2.75, 3.05) is 0 Å². The fraction of sp³-hybridized carbons (Fsp3) is 0.167. The summed E-state index contributed by atoms with van der Waals surface area (Å²) in [7, 11) is 1.91. The predicted octanol–water partition coefficient (Wildman–Crippen LogP) is 1.22. The summed E-state index contributed by atoms with van der Waals surface area (Å²) in [4.78, 5) is 3.85. The molecule has 61 valence electrons. The van der Waals surface area contributed by atoms with Gasteiger partial charge < -0.3 is 4.57 Å². The van der Waals surface area contributed by atoms with E-state index in [1.54, 1.807) is 24.3 Å². The first-order valence-electron chi connectivity index (χ1n) is 3.20. The second-order valence-corrected chi connectivity index (χ2v) is 4.19. The van der Waals surface area contributed by atoms with Gasteiger partial charge in [-0.05, 0) is 11.8 Å². The van der Waals surface area contributed by atoms with Crippen LogP contribution in [0, 0.1) is 5.51 Å². The summed E-state index contributed by atoms with van der Waals surface area (Å²) in [5.41, 5.74) is 2.78. The van der Waals surface area contributed by atoms with Crippen molar-refractivity contribution in [2.45, 2.75) is 9.37 Å². The number of aromatic nitrogens is 4. The van der Waals surface area contributed by atoms with E-state index >= 15 is 0 Å². The first-order valence-corrected chi connectivity index (χ1v) is 4.83. The highest BCUT2D eigenvalue weighted by molar-refractivity contribution is 8.01. The Labute approximate surface area is 77.7 Å². The zero-order chi connectivity index (χ0) is 8.39. The van der Waals surface area contributed by atoms with E-state index in [0.717, 1.165) is 9.37 Å². The van der Waals surface area contributed by atoms with Crippen LogP contribution < -0.4 is 0 Å². The molecule has 0 fully saturated rings. The van der Waals surface area contributed by atoms with Crippen molar-refractivity contribution in [3.8, 4) is 0 Å². The fourth-order valence-electron chi connectivity index (χ4n) is 0.679. The number of hydrogen-bond donors (Lipinski definition) is 0. The summed E-state index contributed by atoms with van der Waals surface area (Å²) >= 11 is 3.02. The van der Waals surface area contributed by atoms with Gasteiger partial charge in [0.05, 0.1) is 10.4 Å². The minimum Gasteiger partial charge on any atom is -0.311 e. The first kappa shape index (κ1) is 7.75. The van der Waals surface area contributed by atoms with Gasteiger partial charge >= 0.3 is 0 Å². The third kappa shape index (κ3) is 1.49. The standard InChI is InChI=1S/C6H5N4S2/c1-10-3-8-9-6(10)12-5-2-7-4-11-5/h2-3H,1H3. The van der Waals surface area contributed by atoms with Crippen LogP contribution in [0.2, 0.25) is 0 Å². The van der Waals surface area contributed by atoms with Gasteiger partial charge in [0.1, 0.15) is 6.33 Å². The molecule has 6 heteroatoms. The quantitative estimate of drug-likeness (QED) is 0.726. The van der Waals surface area contributed by atoms with Crippen molar-refractivity contribution < 1.29 is 0 Å². The van der Waals surface area contributed by atoms with Crippen LogP contribution >= 0.6 is 23.1 Å². The molecular formula is C6H5N4S2. The second kappa shape index (κ2) is 3.24. The maximum absolute atomic E-state index is 3.93. The third-order valence-electron chi connectivity index (χ3n) is 1.23. The lowest BCUT2D eigenvalue weighted by atomic mass is 11.0. The van der Waals surface area contributed by atoms with Gasteiger partial charge in [0, 0.05) is 7.05 Å². The number of rotatable bonds is 2. The molecule has 1 radical (unpaired) electrons. The molecule has 0 aliphatic heterocycles. The molecule has 0 aliphatic rings. The number of hydrogen-bond acceptors (Lipinski definition) is 5. The Kier molecular flexibility index (Phi) is 2.09. The van der Waals surface area contributed by atoms with Crippen molar-refractivity contribution in [1.29, 1.82) is 0 Å². The van der Waals surface area contributed by atoms with Gasteiger partial charge in [0.15, 0.2) is 10.7 Å². The predicted molar refractivity (Wildman–Crippen MR) is 46.1 cm³/mol. The molecule has 0 unspecified atom stereocenters. The van der Waals surface area contributed by atoms with E-state index in [-0.39, 0.29) is 0 Å². The number of aryl methyl sites for hydroxylation is 1. The van der Waals surface area contributed by atoms with Crippen LogP contribution in [0.4, 0.5) is 0 Å². The zero-order valence-corrected chi connectivity index (χ0v) is 7.89. The monoisotopic (exact) mass is 197 g/mol. The van der Waals surface area contributed by atoms with Crippen LogP contribution in [0.25, 0.3) is 0 Å². The Morgan fingerprint density at radius 1 is 1.67 bits per heavy atom. The summed E-state index contributed by atoms with van der Waals surface area (Å²) in [6, 6.07) is 0. The van der Waals surface area contributed by atoms with Crippen molar-refractivity contribution in [2.24, 2.45) is 7.05 Å². The molecule has 2 rings (SSSR count). The lowest BCUT2D eigenvalue weighted by molar-refractivity contribution is 0.789.